The maximum absolute atomic E-state index is 4.17. The Bertz CT molecular complexity index is 191. The molecule has 0 saturated carbocycles. The van der Waals surface area contributed by atoms with E-state index in [9.17, 15) is 0 Å². The van der Waals surface area contributed by atoms with E-state index in [2.05, 4.69) is 14.7 Å². The van der Waals surface area contributed by atoms with E-state index in [0.717, 1.165) is 13.1 Å². The van der Waals surface area contributed by atoms with Crippen molar-refractivity contribution >= 4 is 11.5 Å². The second kappa shape index (κ2) is 2.64. The first kappa shape index (κ1) is 6.24. The molecule has 1 fully saturated rings. The average molecular weight is 155 g/mol. The molecule has 1 aliphatic heterocycles. The highest BCUT2D eigenvalue weighted by Gasteiger charge is 2.18. The first-order valence-corrected chi connectivity index (χ1v) is 4.21. The van der Waals surface area contributed by atoms with Gasteiger partial charge in [-0.2, -0.15) is 4.37 Å². The van der Waals surface area contributed by atoms with Crippen molar-refractivity contribution in [1.82, 2.24) is 14.7 Å². The maximum Gasteiger partial charge on any atom is 0.129 e. The molecule has 54 valence electrons. The summed E-state index contributed by atoms with van der Waals surface area (Å²) in [5.41, 5.74) is 0. The third-order valence-electron chi connectivity index (χ3n) is 1.79. The summed E-state index contributed by atoms with van der Waals surface area (Å²) in [7, 11) is 0. The summed E-state index contributed by atoms with van der Waals surface area (Å²) in [4.78, 5) is 4.17. The number of nitrogens with one attached hydrogen (secondary N) is 1. The minimum atomic E-state index is 0.632. The van der Waals surface area contributed by atoms with Gasteiger partial charge in [0.15, 0.2) is 0 Å². The second-order valence-corrected chi connectivity index (χ2v) is 3.28. The number of hydrogen-bond acceptors (Lipinski definition) is 4. The summed E-state index contributed by atoms with van der Waals surface area (Å²) >= 11 is 1.52. The molecular weight excluding hydrogens is 146 g/mol. The number of hydrogen-bond donors (Lipinski definition) is 1. The molecule has 1 aromatic heterocycles. The summed E-state index contributed by atoms with van der Waals surface area (Å²) in [5.74, 6) is 0.632. The highest BCUT2D eigenvalue weighted by atomic mass is 32.1. The van der Waals surface area contributed by atoms with Gasteiger partial charge in [0.05, 0.1) is 0 Å². The molecule has 0 spiro atoms. The Morgan fingerprint density at radius 1 is 1.70 bits per heavy atom. The van der Waals surface area contributed by atoms with E-state index in [0.29, 0.717) is 5.92 Å². The van der Waals surface area contributed by atoms with Crippen LogP contribution in [0.4, 0.5) is 0 Å². The number of aromatic nitrogens is 2. The van der Waals surface area contributed by atoms with Gasteiger partial charge < -0.3 is 5.32 Å². The molecule has 0 aromatic carbocycles. The van der Waals surface area contributed by atoms with E-state index >= 15 is 0 Å². The Morgan fingerprint density at radius 2 is 2.70 bits per heavy atom. The van der Waals surface area contributed by atoms with Crippen molar-refractivity contribution in [3.63, 3.8) is 0 Å². The Morgan fingerprint density at radius 3 is 3.30 bits per heavy atom. The monoisotopic (exact) mass is 155 g/mol. The van der Waals surface area contributed by atoms with E-state index < -0.39 is 0 Å². The van der Waals surface area contributed by atoms with Crippen molar-refractivity contribution in [3.8, 4) is 0 Å². The lowest BCUT2D eigenvalue weighted by atomic mass is 10.1. The Balaban J connectivity index is 2.12. The molecule has 0 amide bonds. The van der Waals surface area contributed by atoms with E-state index in [-0.39, 0.29) is 0 Å². The summed E-state index contributed by atoms with van der Waals surface area (Å²) in [6.45, 7) is 2.21. The molecule has 0 radical (unpaired) electrons. The van der Waals surface area contributed by atoms with Crippen LogP contribution in [-0.2, 0) is 0 Å². The zero-order valence-electron chi connectivity index (χ0n) is 5.58. The molecule has 3 nitrogen and oxygen atoms in total. The molecule has 4 heteroatoms. The van der Waals surface area contributed by atoms with Gasteiger partial charge in [0.25, 0.3) is 0 Å². The molecule has 2 rings (SSSR count). The van der Waals surface area contributed by atoms with E-state index in [1.165, 1.54) is 23.0 Å². The molecule has 1 N–H and O–H groups in total. The molecule has 0 aliphatic carbocycles. The second-order valence-electron chi connectivity index (χ2n) is 2.47. The fourth-order valence-corrected chi connectivity index (χ4v) is 1.87. The molecule has 2 heterocycles. The van der Waals surface area contributed by atoms with Gasteiger partial charge >= 0.3 is 0 Å². The minimum Gasteiger partial charge on any atom is -0.316 e. The summed E-state index contributed by atoms with van der Waals surface area (Å²) in [6, 6.07) is 0. The fourth-order valence-electron chi connectivity index (χ4n) is 1.23. The fraction of sp³-hybridized carbons (Fsp3) is 0.667. The van der Waals surface area contributed by atoms with Gasteiger partial charge in [0.1, 0.15) is 11.3 Å². The van der Waals surface area contributed by atoms with Crippen LogP contribution in [-0.4, -0.2) is 22.4 Å². The molecule has 10 heavy (non-hydrogen) atoms. The predicted octanol–water partition coefficient (Wildman–Crippen LogP) is 0.615. The van der Waals surface area contributed by atoms with Gasteiger partial charge in [-0.25, -0.2) is 4.98 Å². The van der Waals surface area contributed by atoms with Gasteiger partial charge in [0, 0.05) is 12.5 Å². The first-order valence-electron chi connectivity index (χ1n) is 3.44. The van der Waals surface area contributed by atoms with Gasteiger partial charge in [-0.1, -0.05) is 0 Å². The lowest BCUT2D eigenvalue weighted by molar-refractivity contribution is 0.755. The smallest absolute Gasteiger partial charge is 0.129 e. The van der Waals surface area contributed by atoms with E-state index in [1.54, 1.807) is 6.33 Å². The zero-order chi connectivity index (χ0) is 6.81. The quantitative estimate of drug-likeness (QED) is 0.646. The standard InChI is InChI=1S/C6H9N3S/c1-2-7-3-5(1)6-8-4-9-10-6/h4-5,7H,1-3H2. The lowest BCUT2D eigenvalue weighted by Crippen LogP contribution is -2.07. The Labute approximate surface area is 63.7 Å². The number of rotatable bonds is 1. The third-order valence-corrected chi connectivity index (χ3v) is 2.61. The molecule has 1 aliphatic rings. The molecule has 1 unspecified atom stereocenters. The van der Waals surface area contributed by atoms with Crippen LogP contribution in [0.25, 0.3) is 0 Å². The highest BCUT2D eigenvalue weighted by molar-refractivity contribution is 7.05. The molecule has 0 bridgehead atoms. The van der Waals surface area contributed by atoms with E-state index in [1.807, 2.05) is 0 Å². The first-order chi connectivity index (χ1) is 4.97. The van der Waals surface area contributed by atoms with Gasteiger partial charge in [-0.05, 0) is 24.5 Å². The summed E-state index contributed by atoms with van der Waals surface area (Å²) in [5, 5.41) is 4.48. The van der Waals surface area contributed by atoms with Crippen LogP contribution in [0, 0.1) is 0 Å². The predicted molar refractivity (Wildman–Crippen MR) is 40.1 cm³/mol. The third kappa shape index (κ3) is 1.04. The van der Waals surface area contributed by atoms with Crippen LogP contribution in [0.15, 0.2) is 6.33 Å². The van der Waals surface area contributed by atoms with Crippen molar-refractivity contribution in [3.05, 3.63) is 11.3 Å². The zero-order valence-corrected chi connectivity index (χ0v) is 6.40. The van der Waals surface area contributed by atoms with Crippen LogP contribution in [0.5, 0.6) is 0 Å². The lowest BCUT2D eigenvalue weighted by Gasteiger charge is -1.99. The van der Waals surface area contributed by atoms with Crippen LogP contribution >= 0.6 is 11.5 Å². The van der Waals surface area contributed by atoms with Crippen LogP contribution < -0.4 is 5.32 Å². The SMILES string of the molecule is c1nsc(C2CCNC2)n1. The van der Waals surface area contributed by atoms with Gasteiger partial charge in [0.2, 0.25) is 0 Å². The highest BCUT2D eigenvalue weighted by Crippen LogP contribution is 2.21. The molecule has 1 atom stereocenters. The molecular formula is C6H9N3S. The average Bonchev–Trinajstić information content (AvgIpc) is 2.59. The topological polar surface area (TPSA) is 37.8 Å². The van der Waals surface area contributed by atoms with Crippen LogP contribution in [0.3, 0.4) is 0 Å². The summed E-state index contributed by atoms with van der Waals surface area (Å²) in [6.07, 6.45) is 2.85. The van der Waals surface area contributed by atoms with Crippen molar-refractivity contribution in [2.24, 2.45) is 0 Å². The Hall–Kier alpha value is -0.480. The van der Waals surface area contributed by atoms with E-state index in [4.69, 9.17) is 0 Å². The molecule has 1 aromatic rings. The Kier molecular flexibility index (Phi) is 1.65. The van der Waals surface area contributed by atoms with Gasteiger partial charge in [-0.15, -0.1) is 0 Å². The number of nitrogens with zero attached hydrogens (tertiary/aromatic N) is 2. The minimum absolute atomic E-state index is 0.632. The summed E-state index contributed by atoms with van der Waals surface area (Å²) < 4.78 is 3.97. The maximum atomic E-state index is 4.17. The van der Waals surface area contributed by atoms with Crippen LogP contribution in [0.2, 0.25) is 0 Å². The van der Waals surface area contributed by atoms with Crippen LogP contribution in [0.1, 0.15) is 17.3 Å². The van der Waals surface area contributed by atoms with Crippen molar-refractivity contribution in [2.75, 3.05) is 13.1 Å². The van der Waals surface area contributed by atoms with Gasteiger partial charge in [-0.3, -0.25) is 0 Å². The van der Waals surface area contributed by atoms with Crippen molar-refractivity contribution < 1.29 is 0 Å². The van der Waals surface area contributed by atoms with Crippen molar-refractivity contribution in [1.29, 1.82) is 0 Å². The van der Waals surface area contributed by atoms with Crippen molar-refractivity contribution in [2.45, 2.75) is 12.3 Å². The normalized spacial score (nSPS) is 25.4. The largest absolute Gasteiger partial charge is 0.316 e. The molecule has 1 saturated heterocycles.